The molecule has 2 aromatic carbocycles. The summed E-state index contributed by atoms with van der Waals surface area (Å²) < 4.78 is 39.2. The molecule has 8 aromatic rings. The first-order valence-electron chi connectivity index (χ1n) is 21.7. The van der Waals surface area contributed by atoms with Gasteiger partial charge in [0.25, 0.3) is 0 Å². The molecule has 10 rings (SSSR count). The summed E-state index contributed by atoms with van der Waals surface area (Å²) in [7, 11) is 5.30. The summed E-state index contributed by atoms with van der Waals surface area (Å²) in [5, 5.41) is 27.6. The standard InChI is InChI=1S/C24H27FN6.C23H25FN6O/c1-4-15-11-20(26-23-14-30(3)29-24(15)23)17-10-19(25)18-13-21(27-28-22(18)12-17)16-6-8-31(5-2)9-7-16;1-4-30-7-5-14(6-8-30)19-11-16-17(24)9-15(10-20(16)27-26-19)18-12-22(31-3)23-21(25-18)13-29(2)28-23/h10-14,16H,4-9H2,1-3H3;9-14H,4-8H2,1-3H3. The fourth-order valence-electron chi connectivity index (χ4n) is 9.01. The average Bonchev–Trinajstić information content (AvgIpc) is 3.89. The van der Waals surface area contributed by atoms with Gasteiger partial charge in [0.2, 0.25) is 0 Å². The summed E-state index contributed by atoms with van der Waals surface area (Å²) in [6.45, 7) is 12.8. The number of ether oxygens (including phenoxy) is 1. The quantitative estimate of drug-likeness (QED) is 0.146. The number of benzene rings is 2. The number of nitrogens with zero attached hydrogens (tertiary/aromatic N) is 12. The van der Waals surface area contributed by atoms with Crippen molar-refractivity contribution >= 4 is 43.9 Å². The van der Waals surface area contributed by atoms with Gasteiger partial charge in [-0.25, -0.2) is 18.7 Å². The predicted molar refractivity (Wildman–Crippen MR) is 238 cm³/mol. The van der Waals surface area contributed by atoms with Crippen molar-refractivity contribution in [1.82, 2.24) is 59.7 Å². The van der Waals surface area contributed by atoms with Crippen molar-refractivity contribution < 1.29 is 13.5 Å². The first kappa shape index (κ1) is 41.3. The van der Waals surface area contributed by atoms with Crippen molar-refractivity contribution in [2.45, 2.75) is 64.7 Å². The molecular weight excluding hydrogens is 787 g/mol. The Morgan fingerprint density at radius 3 is 1.52 bits per heavy atom. The Morgan fingerprint density at radius 1 is 0.581 bits per heavy atom. The molecule has 0 amide bonds. The van der Waals surface area contributed by atoms with Gasteiger partial charge >= 0.3 is 0 Å². The second-order valence-electron chi connectivity index (χ2n) is 16.5. The maximum absolute atomic E-state index is 15.2. The van der Waals surface area contributed by atoms with E-state index in [1.54, 1.807) is 28.6 Å². The van der Waals surface area contributed by atoms with Crippen molar-refractivity contribution in [2.24, 2.45) is 14.1 Å². The van der Waals surface area contributed by atoms with E-state index in [4.69, 9.17) is 9.72 Å². The van der Waals surface area contributed by atoms with Gasteiger partial charge in [0.15, 0.2) is 11.3 Å². The molecule has 0 aliphatic carbocycles. The largest absolute Gasteiger partial charge is 0.494 e. The van der Waals surface area contributed by atoms with Crippen LogP contribution < -0.4 is 4.74 Å². The van der Waals surface area contributed by atoms with E-state index in [2.05, 4.69) is 66.1 Å². The summed E-state index contributed by atoms with van der Waals surface area (Å²) in [5.74, 6) is 0.682. The van der Waals surface area contributed by atoms with Gasteiger partial charge in [-0.1, -0.05) is 20.8 Å². The third kappa shape index (κ3) is 8.18. The second kappa shape index (κ2) is 17.4. The van der Waals surface area contributed by atoms with Crippen molar-refractivity contribution in [2.75, 3.05) is 46.4 Å². The molecule has 0 radical (unpaired) electrons. The summed E-state index contributed by atoms with van der Waals surface area (Å²) in [6, 6.07) is 14.3. The highest BCUT2D eigenvalue weighted by atomic mass is 19.1. The SMILES string of the molecule is CCN1CCC(c2cc3c(F)cc(-c4cc(OC)c5nn(C)cc5n4)cc3nn2)CC1.CCc1cc(-c2cc(F)c3cc(C4CCN(CC)CC4)nnc3c2)nc2cn(C)nc12. The van der Waals surface area contributed by atoms with E-state index < -0.39 is 0 Å². The monoisotopic (exact) mass is 838 g/mol. The Hall–Kier alpha value is -6.06. The Kier molecular flexibility index (Phi) is 11.6. The number of methoxy groups -OCH3 is 1. The minimum Gasteiger partial charge on any atom is -0.494 e. The maximum atomic E-state index is 15.2. The number of pyridine rings is 2. The lowest BCUT2D eigenvalue weighted by molar-refractivity contribution is 0.220. The zero-order chi connectivity index (χ0) is 43.1. The molecule has 62 heavy (non-hydrogen) atoms. The Morgan fingerprint density at radius 2 is 1.05 bits per heavy atom. The molecule has 6 aromatic heterocycles. The maximum Gasteiger partial charge on any atom is 0.153 e. The van der Waals surface area contributed by atoms with Crippen LogP contribution in [0.5, 0.6) is 5.75 Å². The molecule has 0 bridgehead atoms. The molecule has 320 valence electrons. The molecule has 15 heteroatoms. The second-order valence-corrected chi connectivity index (χ2v) is 16.5. The van der Waals surface area contributed by atoms with Crippen molar-refractivity contribution in [3.8, 4) is 28.3 Å². The number of aromatic nitrogens is 10. The number of aryl methyl sites for hydroxylation is 3. The minimum absolute atomic E-state index is 0.277. The van der Waals surface area contributed by atoms with Crippen LogP contribution in [-0.2, 0) is 20.5 Å². The van der Waals surface area contributed by atoms with Crippen LogP contribution in [-0.4, -0.2) is 106 Å². The zero-order valence-corrected chi connectivity index (χ0v) is 36.2. The Balaban J connectivity index is 0.000000158. The fourth-order valence-corrected chi connectivity index (χ4v) is 9.01. The molecule has 13 nitrogen and oxygen atoms in total. The molecule has 0 saturated carbocycles. The van der Waals surface area contributed by atoms with E-state index in [9.17, 15) is 0 Å². The van der Waals surface area contributed by atoms with E-state index in [-0.39, 0.29) is 11.6 Å². The molecule has 2 saturated heterocycles. The molecule has 2 aliphatic heterocycles. The molecule has 2 aliphatic rings. The van der Waals surface area contributed by atoms with Gasteiger partial charge < -0.3 is 14.5 Å². The highest BCUT2D eigenvalue weighted by Crippen LogP contribution is 2.35. The molecule has 0 spiro atoms. The molecule has 0 atom stereocenters. The van der Waals surface area contributed by atoms with Crippen molar-refractivity contribution in [3.05, 3.63) is 89.5 Å². The lowest BCUT2D eigenvalue weighted by atomic mass is 9.92. The van der Waals surface area contributed by atoms with Crippen LogP contribution in [0.2, 0.25) is 0 Å². The number of rotatable bonds is 8. The number of likely N-dealkylation sites (tertiary alicyclic amines) is 2. The van der Waals surface area contributed by atoms with Crippen LogP contribution in [0.3, 0.4) is 0 Å². The smallest absolute Gasteiger partial charge is 0.153 e. The summed E-state index contributed by atoms with van der Waals surface area (Å²) in [5.41, 5.74) is 9.73. The van der Waals surface area contributed by atoms with E-state index in [0.29, 0.717) is 67.2 Å². The van der Waals surface area contributed by atoms with Crippen molar-refractivity contribution in [3.63, 3.8) is 0 Å². The fraction of sp³-hybridized carbons (Fsp3) is 0.404. The Bertz CT molecular complexity index is 2720. The summed E-state index contributed by atoms with van der Waals surface area (Å²) in [4.78, 5) is 14.2. The first-order valence-corrected chi connectivity index (χ1v) is 21.7. The van der Waals surface area contributed by atoms with Crippen LogP contribution in [0.1, 0.15) is 75.2 Å². The molecular formula is C47H52F2N12O. The number of hydrogen-bond donors (Lipinski definition) is 0. The van der Waals surface area contributed by atoms with Crippen LogP contribution >= 0.6 is 0 Å². The van der Waals surface area contributed by atoms with Crippen LogP contribution in [0.15, 0.2) is 60.9 Å². The molecule has 0 N–H and O–H groups in total. The normalized spacial score (nSPS) is 15.8. The minimum atomic E-state index is -0.318. The van der Waals surface area contributed by atoms with Gasteiger partial charge in [-0.2, -0.15) is 30.6 Å². The summed E-state index contributed by atoms with van der Waals surface area (Å²) in [6.07, 6.45) is 8.69. The molecule has 2 fully saturated rings. The zero-order valence-electron chi connectivity index (χ0n) is 36.2. The predicted octanol–water partition coefficient (Wildman–Crippen LogP) is 8.40. The van der Waals surface area contributed by atoms with Crippen LogP contribution in [0, 0.1) is 11.6 Å². The van der Waals surface area contributed by atoms with E-state index in [1.807, 2.05) is 56.8 Å². The summed E-state index contributed by atoms with van der Waals surface area (Å²) >= 11 is 0. The van der Waals surface area contributed by atoms with Crippen molar-refractivity contribution in [1.29, 1.82) is 0 Å². The van der Waals surface area contributed by atoms with E-state index in [0.717, 1.165) is 105 Å². The van der Waals surface area contributed by atoms with E-state index >= 15 is 8.78 Å². The highest BCUT2D eigenvalue weighted by molar-refractivity contribution is 5.89. The first-order chi connectivity index (χ1) is 30.1. The number of piperidine rings is 2. The van der Waals surface area contributed by atoms with Gasteiger partial charge in [0.05, 0.1) is 53.3 Å². The average molecular weight is 839 g/mol. The van der Waals surface area contributed by atoms with E-state index in [1.165, 1.54) is 6.07 Å². The number of fused-ring (bicyclic) bond motifs is 4. The van der Waals surface area contributed by atoms with Gasteiger partial charge in [-0.15, -0.1) is 0 Å². The van der Waals surface area contributed by atoms with Gasteiger partial charge in [0, 0.05) is 53.9 Å². The van der Waals surface area contributed by atoms with Crippen LogP contribution in [0.4, 0.5) is 8.78 Å². The van der Waals surface area contributed by atoms with Gasteiger partial charge in [-0.05, 0) is 119 Å². The number of hydrogen-bond acceptors (Lipinski definition) is 11. The molecule has 0 unspecified atom stereocenters. The van der Waals surface area contributed by atoms with Crippen LogP contribution in [0.25, 0.3) is 66.4 Å². The molecule has 8 heterocycles. The lowest BCUT2D eigenvalue weighted by Crippen LogP contribution is -2.32. The third-order valence-electron chi connectivity index (χ3n) is 12.7. The third-order valence-corrected chi connectivity index (χ3v) is 12.7. The lowest BCUT2D eigenvalue weighted by Gasteiger charge is -2.30. The van der Waals surface area contributed by atoms with Gasteiger partial charge in [0.1, 0.15) is 28.2 Å². The Labute approximate surface area is 359 Å². The highest BCUT2D eigenvalue weighted by Gasteiger charge is 2.24. The van der Waals surface area contributed by atoms with Gasteiger partial charge in [-0.3, -0.25) is 9.36 Å². The number of halogens is 2. The topological polar surface area (TPSA) is 129 Å².